The molecule has 13 heavy (non-hydrogen) atoms. The Morgan fingerprint density at radius 3 is 2.85 bits per heavy atom. The monoisotopic (exact) mass is 196 g/mol. The molecule has 0 spiro atoms. The molecule has 1 saturated heterocycles. The maximum absolute atomic E-state index is 5.97. The van der Waals surface area contributed by atoms with Crippen molar-refractivity contribution in [3.8, 4) is 5.75 Å². The summed E-state index contributed by atoms with van der Waals surface area (Å²) < 4.78 is 5.64. The fourth-order valence-electron chi connectivity index (χ4n) is 1.19. The Morgan fingerprint density at radius 1 is 1.46 bits per heavy atom. The van der Waals surface area contributed by atoms with E-state index in [0.29, 0.717) is 5.02 Å². The smallest absolute Gasteiger partial charge is 0.138 e. The highest BCUT2D eigenvalue weighted by atomic mass is 35.5. The molecule has 1 aliphatic heterocycles. The van der Waals surface area contributed by atoms with Gasteiger partial charge < -0.3 is 4.74 Å². The Morgan fingerprint density at radius 2 is 2.23 bits per heavy atom. The lowest BCUT2D eigenvalue weighted by molar-refractivity contribution is 0.139. The second-order valence-corrected chi connectivity index (χ2v) is 3.67. The van der Waals surface area contributed by atoms with Gasteiger partial charge >= 0.3 is 0 Å². The third-order valence-electron chi connectivity index (χ3n) is 2.05. The van der Waals surface area contributed by atoms with E-state index in [9.17, 15) is 0 Å². The molecule has 0 amide bonds. The average molecular weight is 197 g/mol. The highest BCUT2D eigenvalue weighted by Gasteiger charge is 2.20. The summed E-state index contributed by atoms with van der Waals surface area (Å²) in [6, 6.07) is 5.79. The second-order valence-electron chi connectivity index (χ2n) is 3.26. The first-order valence-corrected chi connectivity index (χ1v) is 4.69. The molecular formula is C10H11ClNO. The minimum atomic E-state index is 0.235. The van der Waals surface area contributed by atoms with E-state index in [1.165, 1.54) is 0 Å². The van der Waals surface area contributed by atoms with Crippen LogP contribution in [0.2, 0.25) is 5.02 Å². The van der Waals surface area contributed by atoms with E-state index in [2.05, 4.69) is 5.32 Å². The molecule has 2 rings (SSSR count). The topological polar surface area (TPSA) is 23.3 Å². The third kappa shape index (κ3) is 1.95. The van der Waals surface area contributed by atoms with Crippen molar-refractivity contribution < 1.29 is 4.74 Å². The van der Waals surface area contributed by atoms with Gasteiger partial charge in [-0.05, 0) is 24.6 Å². The van der Waals surface area contributed by atoms with Gasteiger partial charge in [-0.2, -0.15) is 0 Å². The lowest BCUT2D eigenvalue weighted by Crippen LogP contribution is -2.45. The number of aryl methyl sites for hydroxylation is 1. The first-order valence-electron chi connectivity index (χ1n) is 4.32. The highest BCUT2D eigenvalue weighted by Crippen LogP contribution is 2.26. The first kappa shape index (κ1) is 8.85. The van der Waals surface area contributed by atoms with Crippen molar-refractivity contribution in [3.05, 3.63) is 28.8 Å². The van der Waals surface area contributed by atoms with Gasteiger partial charge in [0, 0.05) is 0 Å². The van der Waals surface area contributed by atoms with E-state index in [-0.39, 0.29) is 6.10 Å². The molecule has 1 heterocycles. The van der Waals surface area contributed by atoms with E-state index < -0.39 is 0 Å². The molecule has 0 atom stereocenters. The molecule has 1 aromatic carbocycles. The Kier molecular flexibility index (Phi) is 2.42. The SMILES string of the molecule is Cc1ccc(Cl)c(OC2C[N]C2)c1. The van der Waals surface area contributed by atoms with Crippen molar-refractivity contribution in [2.45, 2.75) is 13.0 Å². The van der Waals surface area contributed by atoms with Gasteiger partial charge in [0.15, 0.2) is 0 Å². The van der Waals surface area contributed by atoms with Gasteiger partial charge in [-0.25, -0.2) is 5.32 Å². The summed E-state index contributed by atoms with van der Waals surface area (Å²) >= 11 is 5.97. The van der Waals surface area contributed by atoms with Crippen LogP contribution in [0.1, 0.15) is 5.56 Å². The van der Waals surface area contributed by atoms with Crippen LogP contribution in [-0.4, -0.2) is 19.2 Å². The summed E-state index contributed by atoms with van der Waals surface area (Å²) in [6.45, 7) is 3.61. The number of benzene rings is 1. The second kappa shape index (κ2) is 3.56. The van der Waals surface area contributed by atoms with Crippen LogP contribution in [0, 0.1) is 6.92 Å². The fourth-order valence-corrected chi connectivity index (χ4v) is 1.35. The quantitative estimate of drug-likeness (QED) is 0.710. The lowest BCUT2D eigenvalue weighted by Gasteiger charge is -2.26. The maximum atomic E-state index is 5.97. The zero-order valence-corrected chi connectivity index (χ0v) is 8.21. The van der Waals surface area contributed by atoms with Crippen molar-refractivity contribution in [3.63, 3.8) is 0 Å². The Hall–Kier alpha value is -0.730. The highest BCUT2D eigenvalue weighted by molar-refractivity contribution is 6.32. The van der Waals surface area contributed by atoms with Crippen LogP contribution in [0.3, 0.4) is 0 Å². The molecule has 1 aromatic rings. The molecule has 0 saturated carbocycles. The molecular weight excluding hydrogens is 186 g/mol. The predicted octanol–water partition coefficient (Wildman–Crippen LogP) is 2.01. The van der Waals surface area contributed by atoms with Crippen LogP contribution in [0.25, 0.3) is 0 Å². The van der Waals surface area contributed by atoms with E-state index >= 15 is 0 Å². The van der Waals surface area contributed by atoms with Crippen molar-refractivity contribution in [2.24, 2.45) is 0 Å². The molecule has 0 bridgehead atoms. The zero-order chi connectivity index (χ0) is 9.26. The Balaban J connectivity index is 2.13. The van der Waals surface area contributed by atoms with Crippen LogP contribution in [0.4, 0.5) is 0 Å². The van der Waals surface area contributed by atoms with Crippen molar-refractivity contribution in [2.75, 3.05) is 13.1 Å². The number of rotatable bonds is 2. The standard InChI is InChI=1S/C10H11ClNO/c1-7-2-3-9(11)10(4-7)13-8-5-12-6-8/h2-4,8H,5-6H2,1H3. The van der Waals surface area contributed by atoms with Gasteiger partial charge in [-0.1, -0.05) is 17.7 Å². The first-order chi connectivity index (χ1) is 6.25. The van der Waals surface area contributed by atoms with Crippen LogP contribution in [0.5, 0.6) is 5.75 Å². The minimum absolute atomic E-state index is 0.235. The van der Waals surface area contributed by atoms with Crippen LogP contribution in [-0.2, 0) is 0 Å². The summed E-state index contributed by atoms with van der Waals surface area (Å²) in [5, 5.41) is 4.76. The Bertz CT molecular complexity index is 310. The summed E-state index contributed by atoms with van der Waals surface area (Å²) in [4.78, 5) is 0. The summed E-state index contributed by atoms with van der Waals surface area (Å²) in [7, 11) is 0. The number of hydrogen-bond donors (Lipinski definition) is 0. The van der Waals surface area contributed by atoms with Gasteiger partial charge in [0.05, 0.1) is 18.1 Å². The van der Waals surface area contributed by atoms with Crippen molar-refractivity contribution >= 4 is 11.6 Å². The molecule has 1 aliphatic rings. The lowest BCUT2D eigenvalue weighted by atomic mass is 10.2. The largest absolute Gasteiger partial charge is 0.486 e. The molecule has 0 aliphatic carbocycles. The number of hydrogen-bond acceptors (Lipinski definition) is 1. The molecule has 0 unspecified atom stereocenters. The molecule has 1 fully saturated rings. The van der Waals surface area contributed by atoms with Crippen molar-refractivity contribution in [1.29, 1.82) is 0 Å². The zero-order valence-electron chi connectivity index (χ0n) is 7.46. The maximum Gasteiger partial charge on any atom is 0.138 e. The predicted molar refractivity (Wildman–Crippen MR) is 52.5 cm³/mol. The average Bonchev–Trinajstić information content (AvgIpc) is 2.03. The van der Waals surface area contributed by atoms with Crippen LogP contribution < -0.4 is 10.1 Å². The van der Waals surface area contributed by atoms with E-state index in [1.807, 2.05) is 25.1 Å². The van der Waals surface area contributed by atoms with Crippen molar-refractivity contribution in [1.82, 2.24) is 5.32 Å². The molecule has 0 N–H and O–H groups in total. The molecule has 0 aromatic heterocycles. The summed E-state index contributed by atoms with van der Waals surface area (Å²) in [5.41, 5.74) is 1.16. The Labute approximate surface area is 82.9 Å². The van der Waals surface area contributed by atoms with E-state index in [0.717, 1.165) is 24.4 Å². The summed E-state index contributed by atoms with van der Waals surface area (Å²) in [5.74, 6) is 0.779. The molecule has 2 nitrogen and oxygen atoms in total. The van der Waals surface area contributed by atoms with Crippen LogP contribution in [0.15, 0.2) is 18.2 Å². The third-order valence-corrected chi connectivity index (χ3v) is 2.36. The number of ether oxygens (including phenoxy) is 1. The van der Waals surface area contributed by atoms with Crippen LogP contribution >= 0.6 is 11.6 Å². The van der Waals surface area contributed by atoms with Gasteiger partial charge in [0.25, 0.3) is 0 Å². The van der Waals surface area contributed by atoms with E-state index in [1.54, 1.807) is 0 Å². The minimum Gasteiger partial charge on any atom is -0.486 e. The normalized spacial score (nSPS) is 16.8. The molecule has 69 valence electrons. The molecule has 1 radical (unpaired) electrons. The number of halogens is 1. The molecule has 3 heteroatoms. The fraction of sp³-hybridized carbons (Fsp3) is 0.400. The van der Waals surface area contributed by atoms with Gasteiger partial charge in [0.1, 0.15) is 11.9 Å². The van der Waals surface area contributed by atoms with Gasteiger partial charge in [0.2, 0.25) is 0 Å². The van der Waals surface area contributed by atoms with Gasteiger partial charge in [-0.3, -0.25) is 0 Å². The summed E-state index contributed by atoms with van der Waals surface area (Å²) in [6.07, 6.45) is 0.235. The van der Waals surface area contributed by atoms with E-state index in [4.69, 9.17) is 16.3 Å². The van der Waals surface area contributed by atoms with Gasteiger partial charge in [-0.15, -0.1) is 0 Å². The number of nitrogens with zero attached hydrogens (tertiary/aromatic N) is 1.